The predicted octanol–water partition coefficient (Wildman–Crippen LogP) is 3.44. The molecule has 0 saturated carbocycles. The monoisotopic (exact) mass is 318 g/mol. The van der Waals surface area contributed by atoms with Gasteiger partial charge in [-0.25, -0.2) is 4.79 Å². The predicted molar refractivity (Wildman–Crippen MR) is 86.6 cm³/mol. The summed E-state index contributed by atoms with van der Waals surface area (Å²) in [6.45, 7) is 5.98. The first-order valence-corrected chi connectivity index (χ1v) is 7.90. The minimum Gasteiger partial charge on any atom is -0.462 e. The van der Waals surface area contributed by atoms with E-state index in [2.05, 4.69) is 10.3 Å². The van der Waals surface area contributed by atoms with Gasteiger partial charge in [0.25, 0.3) is 5.91 Å². The van der Waals surface area contributed by atoms with Crippen LogP contribution in [0.25, 0.3) is 0 Å². The number of hydrogen-bond acceptors (Lipinski definition) is 5. The lowest BCUT2D eigenvalue weighted by molar-refractivity contribution is 0.0527. The van der Waals surface area contributed by atoms with Crippen LogP contribution in [-0.2, 0) is 11.2 Å². The fraction of sp³-hybridized carbons (Fsp3) is 0.312. The largest absolute Gasteiger partial charge is 0.462 e. The van der Waals surface area contributed by atoms with Crippen molar-refractivity contribution in [3.05, 3.63) is 46.1 Å². The van der Waals surface area contributed by atoms with Gasteiger partial charge in [0.05, 0.1) is 12.2 Å². The quantitative estimate of drug-likeness (QED) is 0.857. The molecule has 5 nitrogen and oxygen atoms in total. The number of carbonyl (C=O) groups is 2. The number of esters is 1. The third kappa shape index (κ3) is 3.33. The van der Waals surface area contributed by atoms with Gasteiger partial charge in [0, 0.05) is 22.8 Å². The second-order valence-corrected chi connectivity index (χ2v) is 5.83. The fourth-order valence-electron chi connectivity index (χ4n) is 2.19. The number of nitrogens with zero attached hydrogens (tertiary/aromatic N) is 1. The molecule has 2 heterocycles. The standard InChI is InChI=1S/C16H18N2O3S/c1-4-12-10(3)22-15(13(12)16(20)21-5-2)18-14(19)11-6-8-17-9-7-11/h6-9H,4-5H2,1-3H3,(H,18,19). The van der Waals surface area contributed by atoms with E-state index in [1.807, 2.05) is 13.8 Å². The summed E-state index contributed by atoms with van der Waals surface area (Å²) in [5, 5.41) is 3.35. The van der Waals surface area contributed by atoms with Crippen molar-refractivity contribution in [2.45, 2.75) is 27.2 Å². The van der Waals surface area contributed by atoms with E-state index in [4.69, 9.17) is 4.74 Å². The number of amides is 1. The number of anilines is 1. The first-order chi connectivity index (χ1) is 10.6. The normalized spacial score (nSPS) is 10.3. The molecule has 1 amide bonds. The highest BCUT2D eigenvalue weighted by Crippen LogP contribution is 2.34. The molecule has 0 fully saturated rings. The molecule has 22 heavy (non-hydrogen) atoms. The number of hydrogen-bond donors (Lipinski definition) is 1. The lowest BCUT2D eigenvalue weighted by Gasteiger charge is -2.08. The number of ether oxygens (including phenoxy) is 1. The average Bonchev–Trinajstić information content (AvgIpc) is 2.83. The van der Waals surface area contributed by atoms with Gasteiger partial charge in [0.2, 0.25) is 0 Å². The molecule has 0 aliphatic rings. The molecule has 0 bridgehead atoms. The van der Waals surface area contributed by atoms with Crippen LogP contribution in [0.15, 0.2) is 24.5 Å². The number of thiophene rings is 1. The molecule has 2 aromatic heterocycles. The smallest absolute Gasteiger partial charge is 0.341 e. The molecule has 0 saturated heterocycles. The third-order valence-corrected chi connectivity index (χ3v) is 4.27. The molecule has 0 aliphatic carbocycles. The number of carbonyl (C=O) groups excluding carboxylic acids is 2. The van der Waals surface area contributed by atoms with Crippen molar-refractivity contribution >= 4 is 28.2 Å². The average molecular weight is 318 g/mol. The van der Waals surface area contributed by atoms with E-state index in [-0.39, 0.29) is 5.91 Å². The van der Waals surface area contributed by atoms with Gasteiger partial charge in [-0.1, -0.05) is 6.92 Å². The van der Waals surface area contributed by atoms with E-state index < -0.39 is 5.97 Å². The van der Waals surface area contributed by atoms with Crippen molar-refractivity contribution < 1.29 is 14.3 Å². The molecule has 1 N–H and O–H groups in total. The van der Waals surface area contributed by atoms with Crippen molar-refractivity contribution in [2.24, 2.45) is 0 Å². The second kappa shape index (κ2) is 7.17. The van der Waals surface area contributed by atoms with Gasteiger partial charge in [-0.2, -0.15) is 0 Å². The molecule has 0 spiro atoms. The minimum atomic E-state index is -0.395. The fourth-order valence-corrected chi connectivity index (χ4v) is 3.32. The Morgan fingerprint density at radius 2 is 1.95 bits per heavy atom. The minimum absolute atomic E-state index is 0.267. The van der Waals surface area contributed by atoms with E-state index in [9.17, 15) is 9.59 Å². The van der Waals surface area contributed by atoms with Crippen molar-refractivity contribution in [2.75, 3.05) is 11.9 Å². The summed E-state index contributed by atoms with van der Waals surface area (Å²) >= 11 is 1.39. The zero-order valence-corrected chi connectivity index (χ0v) is 13.6. The van der Waals surface area contributed by atoms with Crippen molar-refractivity contribution in [3.8, 4) is 0 Å². The lowest BCUT2D eigenvalue weighted by Crippen LogP contribution is -2.15. The van der Waals surface area contributed by atoms with Crippen LogP contribution in [-0.4, -0.2) is 23.5 Å². The summed E-state index contributed by atoms with van der Waals surface area (Å²) in [4.78, 5) is 29.4. The summed E-state index contributed by atoms with van der Waals surface area (Å²) in [6, 6.07) is 3.25. The first kappa shape index (κ1) is 16.2. The van der Waals surface area contributed by atoms with Crippen LogP contribution in [0.2, 0.25) is 0 Å². The van der Waals surface area contributed by atoms with E-state index in [0.717, 1.165) is 10.4 Å². The zero-order chi connectivity index (χ0) is 16.1. The molecule has 0 unspecified atom stereocenters. The highest BCUT2D eigenvalue weighted by Gasteiger charge is 2.23. The van der Waals surface area contributed by atoms with Gasteiger partial charge in [0.15, 0.2) is 0 Å². The van der Waals surface area contributed by atoms with E-state index in [0.29, 0.717) is 29.2 Å². The van der Waals surface area contributed by atoms with Gasteiger partial charge in [-0.15, -0.1) is 11.3 Å². The van der Waals surface area contributed by atoms with Crippen molar-refractivity contribution in [1.82, 2.24) is 4.98 Å². The summed E-state index contributed by atoms with van der Waals surface area (Å²) in [7, 11) is 0. The molecule has 2 rings (SSSR count). The Morgan fingerprint density at radius 1 is 1.27 bits per heavy atom. The highest BCUT2D eigenvalue weighted by atomic mass is 32.1. The zero-order valence-electron chi connectivity index (χ0n) is 12.8. The van der Waals surface area contributed by atoms with E-state index in [1.165, 1.54) is 11.3 Å². The van der Waals surface area contributed by atoms with Gasteiger partial charge >= 0.3 is 5.97 Å². The molecule has 0 radical (unpaired) electrons. The van der Waals surface area contributed by atoms with Crippen LogP contribution in [0.3, 0.4) is 0 Å². The lowest BCUT2D eigenvalue weighted by atomic mass is 10.1. The maximum absolute atomic E-state index is 12.3. The topological polar surface area (TPSA) is 68.3 Å². The van der Waals surface area contributed by atoms with Crippen molar-refractivity contribution in [3.63, 3.8) is 0 Å². The first-order valence-electron chi connectivity index (χ1n) is 7.09. The Bertz CT molecular complexity index is 680. The van der Waals surface area contributed by atoms with Gasteiger partial charge in [-0.3, -0.25) is 9.78 Å². The van der Waals surface area contributed by atoms with E-state index in [1.54, 1.807) is 31.5 Å². The molecule has 2 aromatic rings. The molecule has 6 heteroatoms. The number of rotatable bonds is 5. The summed E-state index contributed by atoms with van der Waals surface area (Å²) in [5.74, 6) is -0.662. The third-order valence-electron chi connectivity index (χ3n) is 3.21. The van der Waals surface area contributed by atoms with Gasteiger partial charge in [0.1, 0.15) is 5.00 Å². The van der Waals surface area contributed by atoms with Gasteiger partial charge in [-0.05, 0) is 38.0 Å². The van der Waals surface area contributed by atoms with Crippen LogP contribution < -0.4 is 5.32 Å². The Morgan fingerprint density at radius 3 is 2.55 bits per heavy atom. The van der Waals surface area contributed by atoms with Crippen LogP contribution >= 0.6 is 11.3 Å². The van der Waals surface area contributed by atoms with Crippen LogP contribution in [0.5, 0.6) is 0 Å². The number of aryl methyl sites for hydroxylation is 1. The summed E-state index contributed by atoms with van der Waals surface area (Å²) in [5.41, 5.74) is 1.89. The molecule has 0 aliphatic heterocycles. The second-order valence-electron chi connectivity index (χ2n) is 4.60. The molecular weight excluding hydrogens is 300 g/mol. The summed E-state index contributed by atoms with van der Waals surface area (Å²) in [6.07, 6.45) is 3.82. The number of pyridine rings is 1. The SMILES string of the molecule is CCOC(=O)c1c(NC(=O)c2ccncc2)sc(C)c1CC. The number of nitrogens with one attached hydrogen (secondary N) is 1. The van der Waals surface area contributed by atoms with Crippen LogP contribution in [0.4, 0.5) is 5.00 Å². The molecule has 0 aromatic carbocycles. The highest BCUT2D eigenvalue weighted by molar-refractivity contribution is 7.16. The van der Waals surface area contributed by atoms with Crippen LogP contribution in [0, 0.1) is 6.92 Å². The van der Waals surface area contributed by atoms with Crippen LogP contribution in [0.1, 0.15) is 45.0 Å². The van der Waals surface area contributed by atoms with Crippen molar-refractivity contribution in [1.29, 1.82) is 0 Å². The molecule has 116 valence electrons. The Labute approximate surface area is 133 Å². The summed E-state index contributed by atoms with van der Waals surface area (Å²) < 4.78 is 5.12. The Hall–Kier alpha value is -2.21. The number of aromatic nitrogens is 1. The Balaban J connectivity index is 2.34. The maximum Gasteiger partial charge on any atom is 0.341 e. The maximum atomic E-state index is 12.3. The Kier molecular flexibility index (Phi) is 5.27. The van der Waals surface area contributed by atoms with E-state index >= 15 is 0 Å². The van der Waals surface area contributed by atoms with Gasteiger partial charge < -0.3 is 10.1 Å². The molecular formula is C16H18N2O3S. The molecule has 0 atom stereocenters.